The summed E-state index contributed by atoms with van der Waals surface area (Å²) in [7, 11) is 0. The Morgan fingerprint density at radius 3 is 2.50 bits per heavy atom. The molecule has 0 bridgehead atoms. The van der Waals surface area contributed by atoms with Crippen LogP contribution in [-0.2, 0) is 19.1 Å². The maximum atomic E-state index is 11.3. The van der Waals surface area contributed by atoms with Crippen LogP contribution in [0.5, 0.6) is 0 Å². The number of aliphatic hydroxyl groups excluding tert-OH is 1. The van der Waals surface area contributed by atoms with Crippen molar-refractivity contribution in [1.29, 1.82) is 0 Å². The Balaban J connectivity index is 3.48. The Bertz CT molecular complexity index is 286. The Kier molecular flexibility index (Phi) is 13.1. The molecule has 0 saturated carbocycles. The fraction of sp³-hybridized carbons (Fsp3) is 0.733. The van der Waals surface area contributed by atoms with E-state index in [9.17, 15) is 9.59 Å². The molecule has 116 valence electrons. The van der Waals surface area contributed by atoms with Crippen molar-refractivity contribution in [2.75, 3.05) is 13.2 Å². The minimum Gasteiger partial charge on any atom is -0.466 e. The molecule has 5 nitrogen and oxygen atoms in total. The van der Waals surface area contributed by atoms with Crippen molar-refractivity contribution in [3.63, 3.8) is 0 Å². The van der Waals surface area contributed by atoms with Crippen LogP contribution >= 0.6 is 0 Å². The number of aliphatic hydroxyl groups is 1. The van der Waals surface area contributed by atoms with Crippen LogP contribution in [0.4, 0.5) is 0 Å². The first-order valence-electron chi connectivity index (χ1n) is 7.31. The summed E-state index contributed by atoms with van der Waals surface area (Å²) >= 11 is 0. The number of hydrogen-bond donors (Lipinski definition) is 1. The molecule has 0 aliphatic rings. The molecule has 0 rings (SSSR count). The predicted octanol–water partition coefficient (Wildman–Crippen LogP) is 2.72. The molecule has 0 unspecified atom stereocenters. The Morgan fingerprint density at radius 2 is 1.80 bits per heavy atom. The number of ether oxygens (including phenoxy) is 2. The van der Waals surface area contributed by atoms with Crippen LogP contribution in [0.1, 0.15) is 58.3 Å². The van der Waals surface area contributed by atoms with Gasteiger partial charge >= 0.3 is 11.9 Å². The van der Waals surface area contributed by atoms with Gasteiger partial charge < -0.3 is 14.6 Å². The van der Waals surface area contributed by atoms with Gasteiger partial charge in [-0.15, -0.1) is 0 Å². The van der Waals surface area contributed by atoms with Crippen molar-refractivity contribution in [2.24, 2.45) is 0 Å². The average molecular weight is 286 g/mol. The second-order valence-electron chi connectivity index (χ2n) is 4.51. The topological polar surface area (TPSA) is 72.8 Å². The quantitative estimate of drug-likeness (QED) is 0.339. The van der Waals surface area contributed by atoms with E-state index in [4.69, 9.17) is 14.6 Å². The normalized spacial score (nSPS) is 10.7. The Morgan fingerprint density at radius 1 is 1.05 bits per heavy atom. The molecule has 0 fully saturated rings. The van der Waals surface area contributed by atoms with E-state index in [1.165, 1.54) is 25.5 Å². The van der Waals surface area contributed by atoms with Crippen molar-refractivity contribution in [2.45, 2.75) is 58.3 Å². The molecule has 0 saturated heterocycles. The molecule has 0 radical (unpaired) electrons. The molecule has 0 spiro atoms. The number of esters is 2. The van der Waals surface area contributed by atoms with Gasteiger partial charge in [0.05, 0.1) is 25.7 Å². The zero-order valence-electron chi connectivity index (χ0n) is 12.3. The van der Waals surface area contributed by atoms with Crippen LogP contribution in [0, 0.1) is 0 Å². The smallest absolute Gasteiger partial charge is 0.311 e. The molecule has 0 aliphatic carbocycles. The van der Waals surface area contributed by atoms with Gasteiger partial charge in [0, 0.05) is 13.0 Å². The molecule has 20 heavy (non-hydrogen) atoms. The molecule has 1 N–H and O–H groups in total. The number of carbonyl (C=O) groups is 2. The SMILES string of the molecule is CCCCCCC=COC(=O)CCC(=O)OCCCO. The second kappa shape index (κ2) is 14.1. The molecular weight excluding hydrogens is 260 g/mol. The standard InChI is InChI=1S/C15H26O5/c1-2-3-4-5-6-7-12-19-14(17)9-10-15(18)20-13-8-11-16/h7,12,16H,2-6,8-11,13H2,1H3. The molecule has 0 aliphatic heterocycles. The highest BCUT2D eigenvalue weighted by Gasteiger charge is 2.07. The van der Waals surface area contributed by atoms with Gasteiger partial charge in [-0.2, -0.15) is 0 Å². The van der Waals surface area contributed by atoms with Crippen molar-refractivity contribution >= 4 is 11.9 Å². The minimum atomic E-state index is -0.445. The first-order valence-corrected chi connectivity index (χ1v) is 7.31. The number of rotatable bonds is 12. The van der Waals surface area contributed by atoms with E-state index in [1.54, 1.807) is 0 Å². The van der Waals surface area contributed by atoms with Crippen molar-refractivity contribution in [3.05, 3.63) is 12.3 Å². The molecule has 0 atom stereocenters. The van der Waals surface area contributed by atoms with Gasteiger partial charge in [0.1, 0.15) is 0 Å². The Labute approximate surface area is 121 Å². The van der Waals surface area contributed by atoms with Crippen LogP contribution in [-0.4, -0.2) is 30.3 Å². The Hall–Kier alpha value is -1.36. The summed E-state index contributed by atoms with van der Waals surface area (Å²) in [6.45, 7) is 2.33. The lowest BCUT2D eigenvalue weighted by Crippen LogP contribution is -2.10. The summed E-state index contributed by atoms with van der Waals surface area (Å²) in [5, 5.41) is 8.51. The third-order valence-electron chi connectivity index (χ3n) is 2.62. The summed E-state index contributed by atoms with van der Waals surface area (Å²) < 4.78 is 9.65. The fourth-order valence-electron chi connectivity index (χ4n) is 1.47. The van der Waals surface area contributed by atoms with Crippen LogP contribution in [0.25, 0.3) is 0 Å². The van der Waals surface area contributed by atoms with E-state index in [0.717, 1.165) is 12.8 Å². The summed E-state index contributed by atoms with van der Waals surface area (Å²) in [6, 6.07) is 0. The molecule has 0 heterocycles. The summed E-state index contributed by atoms with van der Waals surface area (Å²) in [5.74, 6) is -0.882. The van der Waals surface area contributed by atoms with E-state index in [-0.39, 0.29) is 26.1 Å². The summed E-state index contributed by atoms with van der Waals surface area (Å²) in [4.78, 5) is 22.5. The van der Waals surface area contributed by atoms with Crippen LogP contribution in [0.15, 0.2) is 12.3 Å². The van der Waals surface area contributed by atoms with E-state index in [0.29, 0.717) is 6.42 Å². The number of carbonyl (C=O) groups excluding carboxylic acids is 2. The highest BCUT2D eigenvalue weighted by atomic mass is 16.5. The highest BCUT2D eigenvalue weighted by Crippen LogP contribution is 2.03. The van der Waals surface area contributed by atoms with E-state index >= 15 is 0 Å². The second-order valence-corrected chi connectivity index (χ2v) is 4.51. The first kappa shape index (κ1) is 18.6. The van der Waals surface area contributed by atoms with Crippen LogP contribution in [0.3, 0.4) is 0 Å². The summed E-state index contributed by atoms with van der Waals surface area (Å²) in [5.41, 5.74) is 0. The number of hydrogen-bond acceptors (Lipinski definition) is 5. The van der Waals surface area contributed by atoms with Crippen molar-refractivity contribution < 1.29 is 24.2 Å². The minimum absolute atomic E-state index is 0.00853. The van der Waals surface area contributed by atoms with Gasteiger partial charge in [0.25, 0.3) is 0 Å². The fourth-order valence-corrected chi connectivity index (χ4v) is 1.47. The predicted molar refractivity (Wildman–Crippen MR) is 75.9 cm³/mol. The van der Waals surface area contributed by atoms with Gasteiger partial charge in [0.15, 0.2) is 0 Å². The number of allylic oxidation sites excluding steroid dienone is 1. The van der Waals surface area contributed by atoms with Gasteiger partial charge in [-0.1, -0.05) is 26.2 Å². The highest BCUT2D eigenvalue weighted by molar-refractivity contribution is 5.77. The lowest BCUT2D eigenvalue weighted by atomic mass is 10.1. The largest absolute Gasteiger partial charge is 0.466 e. The van der Waals surface area contributed by atoms with E-state index < -0.39 is 11.9 Å². The van der Waals surface area contributed by atoms with Gasteiger partial charge in [0.2, 0.25) is 0 Å². The average Bonchev–Trinajstić information content (AvgIpc) is 2.44. The van der Waals surface area contributed by atoms with Gasteiger partial charge in [-0.05, 0) is 18.9 Å². The third kappa shape index (κ3) is 13.1. The van der Waals surface area contributed by atoms with E-state index in [2.05, 4.69) is 6.92 Å². The van der Waals surface area contributed by atoms with E-state index in [1.807, 2.05) is 6.08 Å². The zero-order chi connectivity index (χ0) is 15.1. The van der Waals surface area contributed by atoms with Crippen molar-refractivity contribution in [3.8, 4) is 0 Å². The molecule has 0 aromatic rings. The lowest BCUT2D eigenvalue weighted by Gasteiger charge is -2.02. The maximum Gasteiger partial charge on any atom is 0.311 e. The zero-order valence-corrected chi connectivity index (χ0v) is 12.3. The first-order chi connectivity index (χ1) is 9.70. The van der Waals surface area contributed by atoms with Crippen LogP contribution < -0.4 is 0 Å². The molecule has 0 aromatic heterocycles. The summed E-state index contributed by atoms with van der Waals surface area (Å²) in [6.07, 6.45) is 9.27. The maximum absolute atomic E-state index is 11.3. The van der Waals surface area contributed by atoms with Crippen LogP contribution in [0.2, 0.25) is 0 Å². The molecule has 0 amide bonds. The third-order valence-corrected chi connectivity index (χ3v) is 2.62. The van der Waals surface area contributed by atoms with Gasteiger partial charge in [-0.3, -0.25) is 9.59 Å². The monoisotopic (exact) mass is 286 g/mol. The molecule has 5 heteroatoms. The molecular formula is C15H26O5. The van der Waals surface area contributed by atoms with Crippen molar-refractivity contribution in [1.82, 2.24) is 0 Å². The van der Waals surface area contributed by atoms with Gasteiger partial charge in [-0.25, -0.2) is 0 Å². The molecule has 0 aromatic carbocycles. The lowest BCUT2D eigenvalue weighted by molar-refractivity contribution is -0.148. The number of unbranched alkanes of at least 4 members (excludes halogenated alkanes) is 4.